The first-order valence-corrected chi connectivity index (χ1v) is 4.84. The van der Waals surface area contributed by atoms with E-state index in [0.29, 0.717) is 6.73 Å². The second-order valence-corrected chi connectivity index (χ2v) is 3.74. The first-order chi connectivity index (χ1) is 6.33. The molecule has 0 saturated carbocycles. The summed E-state index contributed by atoms with van der Waals surface area (Å²) in [5.74, 6) is 0. The maximum absolute atomic E-state index is 5.09. The standard InChI is InChI=1S/C10H10BrNO/c1-13-7-12-6-5-8-3-2-4-9(11)10(8)12/h2-6H,7H2,1H3. The molecule has 1 aromatic carbocycles. The van der Waals surface area contributed by atoms with E-state index in [-0.39, 0.29) is 0 Å². The molecule has 68 valence electrons. The molecule has 0 N–H and O–H groups in total. The molecule has 2 aromatic rings. The molecule has 2 rings (SSSR count). The molecule has 3 heteroatoms. The van der Waals surface area contributed by atoms with Gasteiger partial charge in [0.2, 0.25) is 0 Å². The summed E-state index contributed by atoms with van der Waals surface area (Å²) in [7, 11) is 1.70. The van der Waals surface area contributed by atoms with E-state index >= 15 is 0 Å². The molecule has 0 spiro atoms. The number of methoxy groups -OCH3 is 1. The average Bonchev–Trinajstić information content (AvgIpc) is 2.51. The number of para-hydroxylation sites is 1. The van der Waals surface area contributed by atoms with Gasteiger partial charge in [0.25, 0.3) is 0 Å². The number of fused-ring (bicyclic) bond motifs is 1. The fourth-order valence-corrected chi connectivity index (χ4v) is 2.07. The van der Waals surface area contributed by atoms with E-state index in [1.807, 2.05) is 18.3 Å². The van der Waals surface area contributed by atoms with Gasteiger partial charge >= 0.3 is 0 Å². The minimum atomic E-state index is 0.589. The van der Waals surface area contributed by atoms with E-state index in [1.54, 1.807) is 7.11 Å². The number of halogens is 1. The molecule has 1 heterocycles. The molecule has 0 unspecified atom stereocenters. The Bertz CT molecular complexity index is 422. The molecule has 0 fully saturated rings. The Morgan fingerprint density at radius 3 is 3.00 bits per heavy atom. The highest BCUT2D eigenvalue weighted by atomic mass is 79.9. The van der Waals surface area contributed by atoms with Gasteiger partial charge in [-0.15, -0.1) is 0 Å². The van der Waals surface area contributed by atoms with Gasteiger partial charge in [-0.1, -0.05) is 12.1 Å². The molecule has 0 amide bonds. The Morgan fingerprint density at radius 1 is 1.38 bits per heavy atom. The molecule has 0 bridgehead atoms. The molecule has 13 heavy (non-hydrogen) atoms. The quantitative estimate of drug-likeness (QED) is 0.786. The first kappa shape index (κ1) is 8.78. The van der Waals surface area contributed by atoms with Crippen LogP contribution in [0.25, 0.3) is 10.9 Å². The molecule has 1 aromatic heterocycles. The molecule has 0 aliphatic carbocycles. The van der Waals surface area contributed by atoms with Crippen LogP contribution < -0.4 is 0 Å². The van der Waals surface area contributed by atoms with Crippen LogP contribution in [-0.4, -0.2) is 11.7 Å². The van der Waals surface area contributed by atoms with Crippen molar-refractivity contribution in [2.45, 2.75) is 6.73 Å². The normalized spacial score (nSPS) is 10.9. The van der Waals surface area contributed by atoms with Crippen LogP contribution in [0.1, 0.15) is 0 Å². The molecule has 0 atom stereocenters. The van der Waals surface area contributed by atoms with Crippen LogP contribution in [0.3, 0.4) is 0 Å². The number of hydrogen-bond donors (Lipinski definition) is 0. The third-order valence-corrected chi connectivity index (χ3v) is 2.65. The van der Waals surface area contributed by atoms with Gasteiger partial charge in [-0.2, -0.15) is 0 Å². The average molecular weight is 240 g/mol. The van der Waals surface area contributed by atoms with Crippen LogP contribution in [0.2, 0.25) is 0 Å². The third-order valence-electron chi connectivity index (χ3n) is 2.01. The Labute approximate surface area is 85.2 Å². The molecule has 2 nitrogen and oxygen atoms in total. The highest BCUT2D eigenvalue weighted by Crippen LogP contribution is 2.24. The Kier molecular flexibility index (Phi) is 2.38. The van der Waals surface area contributed by atoms with E-state index in [0.717, 1.165) is 4.47 Å². The fourth-order valence-electron chi connectivity index (χ4n) is 1.46. The van der Waals surface area contributed by atoms with E-state index < -0.39 is 0 Å². The largest absolute Gasteiger partial charge is 0.364 e. The smallest absolute Gasteiger partial charge is 0.122 e. The van der Waals surface area contributed by atoms with Crippen molar-refractivity contribution < 1.29 is 4.74 Å². The molecular formula is C10H10BrNO. The number of nitrogens with zero attached hydrogens (tertiary/aromatic N) is 1. The van der Waals surface area contributed by atoms with Gasteiger partial charge in [0, 0.05) is 23.2 Å². The Morgan fingerprint density at radius 2 is 2.23 bits per heavy atom. The number of ether oxygens (including phenoxy) is 1. The number of benzene rings is 1. The summed E-state index contributed by atoms with van der Waals surface area (Å²) >= 11 is 3.52. The Hall–Kier alpha value is -0.800. The number of rotatable bonds is 2. The minimum absolute atomic E-state index is 0.589. The van der Waals surface area contributed by atoms with Gasteiger partial charge in [0.15, 0.2) is 0 Å². The lowest BCUT2D eigenvalue weighted by Crippen LogP contribution is -1.97. The maximum Gasteiger partial charge on any atom is 0.122 e. The second-order valence-electron chi connectivity index (χ2n) is 2.88. The van der Waals surface area contributed by atoms with Crippen molar-refractivity contribution in [3.63, 3.8) is 0 Å². The van der Waals surface area contributed by atoms with Crippen LogP contribution >= 0.6 is 15.9 Å². The Balaban J connectivity index is 2.64. The molecule has 0 radical (unpaired) electrons. The van der Waals surface area contributed by atoms with Crippen molar-refractivity contribution in [3.05, 3.63) is 34.9 Å². The lowest BCUT2D eigenvalue weighted by atomic mass is 10.2. The van der Waals surface area contributed by atoms with Crippen LogP contribution in [0.15, 0.2) is 34.9 Å². The monoisotopic (exact) mass is 239 g/mol. The van der Waals surface area contributed by atoms with Crippen LogP contribution in [0.5, 0.6) is 0 Å². The predicted octanol–water partition coefficient (Wildman–Crippen LogP) is 3.01. The summed E-state index contributed by atoms with van der Waals surface area (Å²) < 4.78 is 8.26. The van der Waals surface area contributed by atoms with Crippen molar-refractivity contribution >= 4 is 26.8 Å². The molecular weight excluding hydrogens is 230 g/mol. The van der Waals surface area contributed by atoms with Crippen LogP contribution in [-0.2, 0) is 11.5 Å². The lowest BCUT2D eigenvalue weighted by Gasteiger charge is -2.04. The minimum Gasteiger partial charge on any atom is -0.364 e. The van der Waals surface area contributed by atoms with Crippen LogP contribution in [0.4, 0.5) is 0 Å². The summed E-state index contributed by atoms with van der Waals surface area (Å²) in [5.41, 5.74) is 1.18. The number of aromatic nitrogens is 1. The van der Waals surface area contributed by atoms with Gasteiger partial charge in [0.05, 0.1) is 5.52 Å². The van der Waals surface area contributed by atoms with Gasteiger partial charge < -0.3 is 9.30 Å². The summed E-state index contributed by atoms with van der Waals surface area (Å²) in [6.07, 6.45) is 2.03. The lowest BCUT2D eigenvalue weighted by molar-refractivity contribution is 0.135. The number of hydrogen-bond acceptors (Lipinski definition) is 1. The summed E-state index contributed by atoms with van der Waals surface area (Å²) in [4.78, 5) is 0. The van der Waals surface area contributed by atoms with E-state index in [1.165, 1.54) is 10.9 Å². The van der Waals surface area contributed by atoms with Crippen molar-refractivity contribution in [1.82, 2.24) is 4.57 Å². The maximum atomic E-state index is 5.09. The zero-order valence-corrected chi connectivity index (χ0v) is 8.91. The van der Waals surface area contributed by atoms with Crippen molar-refractivity contribution in [3.8, 4) is 0 Å². The van der Waals surface area contributed by atoms with Gasteiger partial charge in [0.1, 0.15) is 6.73 Å². The zero-order valence-electron chi connectivity index (χ0n) is 7.33. The predicted molar refractivity (Wildman–Crippen MR) is 56.6 cm³/mol. The van der Waals surface area contributed by atoms with E-state index in [4.69, 9.17) is 4.74 Å². The fraction of sp³-hybridized carbons (Fsp3) is 0.200. The highest BCUT2D eigenvalue weighted by molar-refractivity contribution is 9.10. The van der Waals surface area contributed by atoms with Crippen molar-refractivity contribution in [2.24, 2.45) is 0 Å². The summed E-state index contributed by atoms with van der Waals surface area (Å²) in [6.45, 7) is 0.589. The van der Waals surface area contributed by atoms with E-state index in [2.05, 4.69) is 32.6 Å². The first-order valence-electron chi connectivity index (χ1n) is 4.05. The third kappa shape index (κ3) is 1.49. The summed E-state index contributed by atoms with van der Waals surface area (Å²) in [5, 5.41) is 1.23. The van der Waals surface area contributed by atoms with Gasteiger partial charge in [-0.25, -0.2) is 0 Å². The van der Waals surface area contributed by atoms with Crippen molar-refractivity contribution in [1.29, 1.82) is 0 Å². The topological polar surface area (TPSA) is 14.2 Å². The highest BCUT2D eigenvalue weighted by Gasteiger charge is 2.02. The summed E-state index contributed by atoms with van der Waals surface area (Å²) in [6, 6.07) is 8.24. The van der Waals surface area contributed by atoms with E-state index in [9.17, 15) is 0 Å². The van der Waals surface area contributed by atoms with Gasteiger partial charge in [-0.05, 0) is 28.1 Å². The van der Waals surface area contributed by atoms with Crippen molar-refractivity contribution in [2.75, 3.05) is 7.11 Å². The van der Waals surface area contributed by atoms with Gasteiger partial charge in [-0.3, -0.25) is 0 Å². The second kappa shape index (κ2) is 3.52. The molecule has 0 saturated heterocycles. The SMILES string of the molecule is COCn1ccc2cccc(Br)c21. The molecule has 0 aliphatic heterocycles. The van der Waals surface area contributed by atoms with Crippen LogP contribution in [0, 0.1) is 0 Å². The zero-order chi connectivity index (χ0) is 9.26. The molecule has 0 aliphatic rings.